The van der Waals surface area contributed by atoms with Crippen LogP contribution in [0.25, 0.3) is 0 Å². The highest BCUT2D eigenvalue weighted by Crippen LogP contribution is 2.36. The van der Waals surface area contributed by atoms with Crippen molar-refractivity contribution < 1.29 is 14.0 Å². The Morgan fingerprint density at radius 1 is 1.03 bits per heavy atom. The highest BCUT2D eigenvalue weighted by Gasteiger charge is 2.34. The van der Waals surface area contributed by atoms with Crippen LogP contribution >= 0.6 is 0 Å². The van der Waals surface area contributed by atoms with Crippen molar-refractivity contribution in [3.8, 4) is 0 Å². The van der Waals surface area contributed by atoms with Gasteiger partial charge in [-0.3, -0.25) is 14.5 Å². The van der Waals surface area contributed by atoms with Gasteiger partial charge in [0.05, 0.1) is 11.4 Å². The van der Waals surface area contributed by atoms with Crippen molar-refractivity contribution in [3.05, 3.63) is 53.8 Å². The van der Waals surface area contributed by atoms with E-state index in [0.29, 0.717) is 12.1 Å². The summed E-state index contributed by atoms with van der Waals surface area (Å²) >= 11 is 0. The van der Waals surface area contributed by atoms with Crippen LogP contribution in [0.15, 0.2) is 42.5 Å². The molecule has 0 bridgehead atoms. The van der Waals surface area contributed by atoms with E-state index >= 15 is 0 Å². The van der Waals surface area contributed by atoms with E-state index in [1.807, 2.05) is 24.3 Å². The van der Waals surface area contributed by atoms with Gasteiger partial charge in [-0.25, -0.2) is 4.39 Å². The molecule has 3 aliphatic heterocycles. The molecule has 2 N–H and O–H groups in total. The van der Waals surface area contributed by atoms with Crippen LogP contribution in [-0.2, 0) is 4.79 Å². The molecule has 0 aromatic heterocycles. The Bertz CT molecular complexity index is 1040. The molecular weight excluding hydrogens is 433 g/mol. The molecule has 7 nitrogen and oxygen atoms in total. The molecule has 2 fully saturated rings. The smallest absolute Gasteiger partial charge is 0.251 e. The number of nitrogens with zero attached hydrogens (tertiary/aromatic N) is 3. The number of benzene rings is 2. The predicted molar refractivity (Wildman–Crippen MR) is 132 cm³/mol. The van der Waals surface area contributed by atoms with Crippen LogP contribution in [0.1, 0.15) is 36.0 Å². The Morgan fingerprint density at radius 2 is 1.82 bits per heavy atom. The van der Waals surface area contributed by atoms with Gasteiger partial charge in [-0.2, -0.15) is 0 Å². The zero-order valence-electron chi connectivity index (χ0n) is 19.4. The standard InChI is InChI=1S/C26H32FN5O2/c27-20-6-8-21(9-7-20)31-16-14-30(15-17-31)12-3-11-28-25(33)19-5-10-23-22(18-19)29-26(34)24-4-1-2-13-32(23)24/h5-10,18,24H,1-4,11-17H2,(H,28,33)(H,29,34)/t24-/m0/s1. The lowest BCUT2D eigenvalue weighted by molar-refractivity contribution is -0.118. The summed E-state index contributed by atoms with van der Waals surface area (Å²) in [6, 6.07) is 12.2. The van der Waals surface area contributed by atoms with Crippen LogP contribution in [0.5, 0.6) is 0 Å². The molecule has 3 heterocycles. The fraction of sp³-hybridized carbons (Fsp3) is 0.462. The molecule has 0 spiro atoms. The molecular formula is C26H32FN5O2. The van der Waals surface area contributed by atoms with Gasteiger partial charge in [-0.05, 0) is 74.7 Å². The van der Waals surface area contributed by atoms with Crippen molar-refractivity contribution in [1.82, 2.24) is 10.2 Å². The van der Waals surface area contributed by atoms with Gasteiger partial charge in [-0.15, -0.1) is 0 Å². The van der Waals surface area contributed by atoms with Crippen LogP contribution in [0.4, 0.5) is 21.5 Å². The summed E-state index contributed by atoms with van der Waals surface area (Å²) in [6.45, 7) is 6.14. The summed E-state index contributed by atoms with van der Waals surface area (Å²) in [5.41, 5.74) is 3.38. The van der Waals surface area contributed by atoms with Crippen LogP contribution in [0.3, 0.4) is 0 Å². The van der Waals surface area contributed by atoms with Gasteiger partial charge in [0.1, 0.15) is 11.9 Å². The van der Waals surface area contributed by atoms with Gasteiger partial charge >= 0.3 is 0 Å². The summed E-state index contributed by atoms with van der Waals surface area (Å²) < 4.78 is 13.1. The van der Waals surface area contributed by atoms with E-state index in [2.05, 4.69) is 25.3 Å². The average molecular weight is 466 g/mol. The summed E-state index contributed by atoms with van der Waals surface area (Å²) in [5.74, 6) is -0.288. The molecule has 3 aliphatic rings. The minimum atomic E-state index is -0.208. The normalized spacial score (nSPS) is 20.4. The molecule has 2 saturated heterocycles. The fourth-order valence-corrected chi connectivity index (χ4v) is 5.22. The second-order valence-corrected chi connectivity index (χ2v) is 9.34. The lowest BCUT2D eigenvalue weighted by Gasteiger charge is -2.41. The number of halogens is 1. The van der Waals surface area contributed by atoms with E-state index in [4.69, 9.17) is 0 Å². The number of carbonyl (C=O) groups excluding carboxylic acids is 2. The predicted octanol–water partition coefficient (Wildman–Crippen LogP) is 3.08. The van der Waals surface area contributed by atoms with Gasteiger partial charge in [-0.1, -0.05) is 0 Å². The number of nitrogens with one attached hydrogen (secondary N) is 2. The minimum absolute atomic E-state index is 0.0317. The number of piperidine rings is 1. The Morgan fingerprint density at radius 3 is 2.62 bits per heavy atom. The zero-order chi connectivity index (χ0) is 23.5. The van der Waals surface area contributed by atoms with Crippen molar-refractivity contribution in [2.24, 2.45) is 0 Å². The Balaban J connectivity index is 1.07. The van der Waals surface area contributed by atoms with Gasteiger partial charge in [0.15, 0.2) is 0 Å². The fourth-order valence-electron chi connectivity index (χ4n) is 5.22. The number of piperazine rings is 1. The van der Waals surface area contributed by atoms with Crippen LogP contribution in [0, 0.1) is 5.82 Å². The van der Waals surface area contributed by atoms with Crippen molar-refractivity contribution in [1.29, 1.82) is 0 Å². The van der Waals surface area contributed by atoms with Crippen LogP contribution < -0.4 is 20.4 Å². The SMILES string of the molecule is O=C(NCCCN1CCN(c2ccc(F)cc2)CC1)c1ccc2c(c1)NC(=O)[C@@H]1CCCCN21. The molecule has 34 heavy (non-hydrogen) atoms. The maximum Gasteiger partial charge on any atom is 0.251 e. The van der Waals surface area contributed by atoms with E-state index < -0.39 is 0 Å². The number of fused-ring (bicyclic) bond motifs is 3. The van der Waals surface area contributed by atoms with E-state index in [-0.39, 0.29) is 23.7 Å². The Kier molecular flexibility index (Phi) is 6.67. The third-order valence-corrected chi connectivity index (χ3v) is 7.13. The molecule has 2 amide bonds. The van der Waals surface area contributed by atoms with Crippen LogP contribution in [-0.4, -0.2) is 68.6 Å². The number of amides is 2. The van der Waals surface area contributed by atoms with Gasteiger partial charge in [0, 0.05) is 50.5 Å². The summed E-state index contributed by atoms with van der Waals surface area (Å²) in [4.78, 5) is 32.0. The molecule has 180 valence electrons. The molecule has 1 atom stereocenters. The topological polar surface area (TPSA) is 67.9 Å². The quantitative estimate of drug-likeness (QED) is 0.642. The second-order valence-electron chi connectivity index (χ2n) is 9.34. The van der Waals surface area contributed by atoms with E-state index in [0.717, 1.165) is 82.0 Å². The van der Waals surface area contributed by atoms with Gasteiger partial charge < -0.3 is 20.4 Å². The monoisotopic (exact) mass is 465 g/mol. The van der Waals surface area contributed by atoms with Crippen molar-refractivity contribution in [3.63, 3.8) is 0 Å². The molecule has 0 unspecified atom stereocenters. The van der Waals surface area contributed by atoms with E-state index in [9.17, 15) is 14.0 Å². The van der Waals surface area contributed by atoms with E-state index in [1.165, 1.54) is 12.1 Å². The molecule has 0 saturated carbocycles. The second kappa shape index (κ2) is 10.0. The van der Waals surface area contributed by atoms with Crippen molar-refractivity contribution >= 4 is 28.9 Å². The average Bonchev–Trinajstić information content (AvgIpc) is 2.87. The van der Waals surface area contributed by atoms with Gasteiger partial charge in [0.25, 0.3) is 5.91 Å². The minimum Gasteiger partial charge on any atom is -0.369 e. The number of rotatable bonds is 6. The number of carbonyl (C=O) groups is 2. The third-order valence-electron chi connectivity index (χ3n) is 7.13. The first-order valence-electron chi connectivity index (χ1n) is 12.3. The molecule has 5 rings (SSSR count). The summed E-state index contributed by atoms with van der Waals surface area (Å²) in [5, 5.41) is 6.01. The highest BCUT2D eigenvalue weighted by molar-refractivity contribution is 6.05. The van der Waals surface area contributed by atoms with Crippen molar-refractivity contribution in [2.45, 2.75) is 31.7 Å². The number of hydrogen-bond donors (Lipinski definition) is 2. The number of hydrogen-bond acceptors (Lipinski definition) is 5. The molecule has 2 aromatic rings. The third kappa shape index (κ3) is 4.87. The maximum atomic E-state index is 13.1. The zero-order valence-corrected chi connectivity index (χ0v) is 19.4. The largest absolute Gasteiger partial charge is 0.369 e. The first kappa shape index (κ1) is 22.7. The first-order chi connectivity index (χ1) is 16.6. The highest BCUT2D eigenvalue weighted by atomic mass is 19.1. The van der Waals surface area contributed by atoms with Crippen LogP contribution in [0.2, 0.25) is 0 Å². The maximum absolute atomic E-state index is 13.1. The van der Waals surface area contributed by atoms with Gasteiger partial charge in [0.2, 0.25) is 5.91 Å². The Hall–Kier alpha value is -3.13. The first-order valence-corrected chi connectivity index (χ1v) is 12.3. The molecule has 0 radical (unpaired) electrons. The molecule has 2 aromatic carbocycles. The lowest BCUT2D eigenvalue weighted by Crippen LogP contribution is -2.50. The van der Waals surface area contributed by atoms with E-state index in [1.54, 1.807) is 6.07 Å². The van der Waals surface area contributed by atoms with Crippen molar-refractivity contribution in [2.75, 3.05) is 60.9 Å². The number of anilines is 3. The molecule has 8 heteroatoms. The lowest BCUT2D eigenvalue weighted by atomic mass is 9.97. The Labute approximate surface area is 199 Å². The molecule has 0 aliphatic carbocycles. The summed E-state index contributed by atoms with van der Waals surface area (Å²) in [6.07, 6.45) is 3.93. The summed E-state index contributed by atoms with van der Waals surface area (Å²) in [7, 11) is 0.